The van der Waals surface area contributed by atoms with Gasteiger partial charge in [-0.3, -0.25) is 10.1 Å². The molecule has 1 aromatic rings. The Kier molecular flexibility index (Phi) is 1.93. The lowest BCUT2D eigenvalue weighted by molar-refractivity contribution is -0.385. The summed E-state index contributed by atoms with van der Waals surface area (Å²) in [4.78, 5) is 9.72. The fraction of sp³-hybridized carbons (Fsp3) is 0.300. The van der Waals surface area contributed by atoms with E-state index in [9.17, 15) is 14.5 Å². The lowest BCUT2D eigenvalue weighted by atomic mass is 9.97. The Bertz CT molecular complexity index is 475. The average Bonchev–Trinajstić information content (AvgIpc) is 2.98. The van der Waals surface area contributed by atoms with E-state index in [1.165, 1.54) is 12.1 Å². The van der Waals surface area contributed by atoms with E-state index in [1.54, 1.807) is 0 Å². The van der Waals surface area contributed by atoms with Crippen LogP contribution in [0.5, 0.6) is 0 Å². The van der Waals surface area contributed by atoms with E-state index in [-0.39, 0.29) is 11.3 Å². The van der Waals surface area contributed by atoms with Gasteiger partial charge in [0.15, 0.2) is 0 Å². The molecule has 15 heavy (non-hydrogen) atoms. The molecule has 0 aliphatic heterocycles. The molecule has 1 saturated carbocycles. The molecular formula is C10H7FN2O2. The molecule has 0 aromatic heterocycles. The van der Waals surface area contributed by atoms with Gasteiger partial charge < -0.3 is 0 Å². The fourth-order valence-corrected chi connectivity index (χ4v) is 1.57. The highest BCUT2D eigenvalue weighted by atomic mass is 19.1. The van der Waals surface area contributed by atoms with Gasteiger partial charge in [-0.25, -0.2) is 4.39 Å². The van der Waals surface area contributed by atoms with Gasteiger partial charge in [0.05, 0.1) is 22.5 Å². The Balaban J connectivity index is 2.45. The fourth-order valence-electron chi connectivity index (χ4n) is 1.57. The van der Waals surface area contributed by atoms with Crippen molar-refractivity contribution in [3.8, 4) is 6.07 Å². The smallest absolute Gasteiger partial charge is 0.258 e. The van der Waals surface area contributed by atoms with Crippen molar-refractivity contribution in [1.29, 1.82) is 5.26 Å². The minimum atomic E-state index is -0.737. The highest BCUT2D eigenvalue weighted by Gasteiger charge is 2.46. The summed E-state index contributed by atoms with van der Waals surface area (Å²) in [7, 11) is 0. The molecular weight excluding hydrogens is 199 g/mol. The molecule has 0 heterocycles. The van der Waals surface area contributed by atoms with Crippen LogP contribution >= 0.6 is 0 Å². The zero-order valence-corrected chi connectivity index (χ0v) is 7.74. The van der Waals surface area contributed by atoms with E-state index in [1.807, 2.05) is 6.07 Å². The summed E-state index contributed by atoms with van der Waals surface area (Å²) in [5.41, 5.74) is -0.750. The van der Waals surface area contributed by atoms with Gasteiger partial charge >= 0.3 is 0 Å². The van der Waals surface area contributed by atoms with E-state index >= 15 is 0 Å². The zero-order valence-electron chi connectivity index (χ0n) is 7.74. The van der Waals surface area contributed by atoms with Gasteiger partial charge in [0.25, 0.3) is 5.69 Å². The van der Waals surface area contributed by atoms with Gasteiger partial charge in [-0.1, -0.05) is 0 Å². The van der Waals surface area contributed by atoms with Crippen LogP contribution in [0.2, 0.25) is 0 Å². The molecule has 0 saturated heterocycles. The Morgan fingerprint density at radius 3 is 2.60 bits per heavy atom. The van der Waals surface area contributed by atoms with Crippen LogP contribution in [0.1, 0.15) is 18.4 Å². The van der Waals surface area contributed by atoms with E-state index < -0.39 is 16.2 Å². The lowest BCUT2D eigenvalue weighted by Gasteiger charge is -2.06. The van der Waals surface area contributed by atoms with Crippen LogP contribution in [0.15, 0.2) is 18.2 Å². The summed E-state index contributed by atoms with van der Waals surface area (Å²) < 4.78 is 13.5. The van der Waals surface area contributed by atoms with Crippen LogP contribution in [0.3, 0.4) is 0 Å². The average molecular weight is 206 g/mol. The second kappa shape index (κ2) is 3.02. The van der Waals surface area contributed by atoms with Crippen molar-refractivity contribution in [2.75, 3.05) is 0 Å². The van der Waals surface area contributed by atoms with E-state index in [4.69, 9.17) is 5.26 Å². The molecule has 1 aliphatic carbocycles. The quantitative estimate of drug-likeness (QED) is 0.550. The topological polar surface area (TPSA) is 66.9 Å². The standard InChI is InChI=1S/C10H7FN2O2/c11-9-5-7(13(14)15)1-2-8(9)10(6-12)3-4-10/h1-2,5H,3-4H2. The number of nitrogens with zero attached hydrogens (tertiary/aromatic N) is 2. The van der Waals surface area contributed by atoms with Crippen molar-refractivity contribution in [1.82, 2.24) is 0 Å². The monoisotopic (exact) mass is 206 g/mol. The number of benzene rings is 1. The highest BCUT2D eigenvalue weighted by molar-refractivity contribution is 5.44. The Labute approximate surface area is 85.1 Å². The maximum Gasteiger partial charge on any atom is 0.272 e. The number of rotatable bonds is 2. The number of non-ortho nitro benzene ring substituents is 1. The van der Waals surface area contributed by atoms with Crippen LogP contribution in [-0.2, 0) is 5.41 Å². The van der Waals surface area contributed by atoms with Crippen LogP contribution in [0.4, 0.5) is 10.1 Å². The van der Waals surface area contributed by atoms with Gasteiger partial charge in [0.2, 0.25) is 0 Å². The van der Waals surface area contributed by atoms with E-state index in [0.717, 1.165) is 6.07 Å². The van der Waals surface area contributed by atoms with Gasteiger partial charge in [0.1, 0.15) is 5.82 Å². The van der Waals surface area contributed by atoms with Gasteiger partial charge in [0, 0.05) is 11.6 Å². The van der Waals surface area contributed by atoms with Crippen molar-refractivity contribution in [2.24, 2.45) is 0 Å². The number of halogens is 1. The molecule has 0 spiro atoms. The van der Waals surface area contributed by atoms with Crippen molar-refractivity contribution in [3.63, 3.8) is 0 Å². The third-order valence-corrected chi connectivity index (χ3v) is 2.64. The Morgan fingerprint density at radius 2 is 2.20 bits per heavy atom. The lowest BCUT2D eigenvalue weighted by Crippen LogP contribution is -2.06. The summed E-state index contributed by atoms with van der Waals surface area (Å²) >= 11 is 0. The molecule has 0 unspecified atom stereocenters. The van der Waals surface area contributed by atoms with E-state index in [0.29, 0.717) is 12.8 Å². The largest absolute Gasteiger partial charge is 0.272 e. The maximum atomic E-state index is 13.5. The van der Waals surface area contributed by atoms with Gasteiger partial charge in [-0.2, -0.15) is 5.26 Å². The van der Waals surface area contributed by atoms with Crippen molar-refractivity contribution >= 4 is 5.69 Å². The first kappa shape index (κ1) is 9.59. The summed E-state index contributed by atoms with van der Waals surface area (Å²) in [5.74, 6) is -0.664. The predicted molar refractivity (Wildman–Crippen MR) is 49.6 cm³/mol. The SMILES string of the molecule is N#CC1(c2ccc([N+](=O)[O-])cc2F)CC1. The minimum Gasteiger partial charge on any atom is -0.258 e. The number of nitriles is 1. The number of hydrogen-bond donors (Lipinski definition) is 0. The molecule has 1 fully saturated rings. The maximum absolute atomic E-state index is 13.5. The van der Waals surface area contributed by atoms with Crippen molar-refractivity contribution in [2.45, 2.75) is 18.3 Å². The van der Waals surface area contributed by atoms with Crippen LogP contribution < -0.4 is 0 Å². The number of nitro benzene ring substituents is 1. The molecule has 4 nitrogen and oxygen atoms in total. The third kappa shape index (κ3) is 1.44. The number of nitro groups is 1. The summed E-state index contributed by atoms with van der Waals surface area (Å²) in [6.07, 6.45) is 1.25. The second-order valence-corrected chi connectivity index (χ2v) is 3.62. The van der Waals surface area contributed by atoms with E-state index in [2.05, 4.69) is 0 Å². The highest BCUT2D eigenvalue weighted by Crippen LogP contribution is 2.48. The molecule has 1 aromatic carbocycles. The molecule has 0 N–H and O–H groups in total. The van der Waals surface area contributed by atoms with Crippen molar-refractivity contribution in [3.05, 3.63) is 39.7 Å². The molecule has 0 radical (unpaired) electrons. The first-order chi connectivity index (χ1) is 7.09. The molecule has 1 aliphatic rings. The number of hydrogen-bond acceptors (Lipinski definition) is 3. The Morgan fingerprint density at radius 1 is 1.53 bits per heavy atom. The molecule has 76 valence electrons. The second-order valence-electron chi connectivity index (χ2n) is 3.62. The van der Waals surface area contributed by atoms with Gasteiger partial charge in [-0.05, 0) is 18.9 Å². The molecule has 2 rings (SSSR count). The molecule has 0 bridgehead atoms. The molecule has 5 heteroatoms. The van der Waals surface area contributed by atoms with Crippen LogP contribution in [0, 0.1) is 27.3 Å². The zero-order chi connectivity index (χ0) is 11.1. The first-order valence-electron chi connectivity index (χ1n) is 4.45. The molecule has 0 amide bonds. The van der Waals surface area contributed by atoms with Gasteiger partial charge in [-0.15, -0.1) is 0 Å². The van der Waals surface area contributed by atoms with Crippen LogP contribution in [-0.4, -0.2) is 4.92 Å². The third-order valence-electron chi connectivity index (χ3n) is 2.64. The first-order valence-corrected chi connectivity index (χ1v) is 4.45. The summed E-state index contributed by atoms with van der Waals surface area (Å²) in [5, 5.41) is 19.2. The molecule has 0 atom stereocenters. The minimum absolute atomic E-state index is 0.274. The summed E-state index contributed by atoms with van der Waals surface area (Å²) in [6, 6.07) is 5.49. The van der Waals surface area contributed by atoms with Crippen molar-refractivity contribution < 1.29 is 9.31 Å². The normalized spacial score (nSPS) is 16.8. The predicted octanol–water partition coefficient (Wildman–Crippen LogP) is 2.29. The summed E-state index contributed by atoms with van der Waals surface area (Å²) in [6.45, 7) is 0. The Hall–Kier alpha value is -1.96. The van der Waals surface area contributed by atoms with Crippen LogP contribution in [0.25, 0.3) is 0 Å².